The van der Waals surface area contributed by atoms with Gasteiger partial charge in [-0.15, -0.1) is 0 Å². The molecule has 0 radical (unpaired) electrons. The maximum Gasteiger partial charge on any atom is 0.320 e. The number of furan rings is 1. The number of amides is 2. The fraction of sp³-hybridized carbons (Fsp3) is 0.286. The third-order valence-corrected chi connectivity index (χ3v) is 2.96. The number of carbonyl (C=O) groups is 1. The standard InChI is InChI=1S/C14H16N4O2/c19-14(17-10-3-4-10)18-13-6-5-11(8-16-13)15-9-12-2-1-7-20-12/h1-2,5-8,10,15H,3-4,9H2,(H2,16,17,18,19). The van der Waals surface area contributed by atoms with Gasteiger partial charge >= 0.3 is 6.03 Å². The predicted octanol–water partition coefficient (Wildman–Crippen LogP) is 2.57. The Morgan fingerprint density at radius 2 is 2.25 bits per heavy atom. The lowest BCUT2D eigenvalue weighted by Gasteiger charge is -2.07. The molecular formula is C14H16N4O2. The molecule has 0 saturated heterocycles. The Labute approximate surface area is 116 Å². The van der Waals surface area contributed by atoms with E-state index in [-0.39, 0.29) is 6.03 Å². The Morgan fingerprint density at radius 1 is 1.35 bits per heavy atom. The summed E-state index contributed by atoms with van der Waals surface area (Å²) in [5.41, 5.74) is 0.870. The van der Waals surface area contributed by atoms with E-state index in [4.69, 9.17) is 4.42 Å². The van der Waals surface area contributed by atoms with E-state index in [0.29, 0.717) is 18.4 Å². The molecule has 20 heavy (non-hydrogen) atoms. The number of pyridine rings is 1. The minimum atomic E-state index is -0.198. The Bertz CT molecular complexity index is 561. The molecule has 0 aromatic carbocycles. The van der Waals surface area contributed by atoms with Gasteiger partial charge in [-0.1, -0.05) is 0 Å². The average molecular weight is 272 g/mol. The van der Waals surface area contributed by atoms with Crippen molar-refractivity contribution < 1.29 is 9.21 Å². The second kappa shape index (κ2) is 5.64. The van der Waals surface area contributed by atoms with Crippen LogP contribution in [0.2, 0.25) is 0 Å². The number of hydrogen-bond acceptors (Lipinski definition) is 4. The third-order valence-electron chi connectivity index (χ3n) is 2.96. The highest BCUT2D eigenvalue weighted by molar-refractivity contribution is 5.88. The van der Waals surface area contributed by atoms with Gasteiger partial charge in [0.15, 0.2) is 0 Å². The summed E-state index contributed by atoms with van der Waals surface area (Å²) in [6.07, 6.45) is 5.45. The molecular weight excluding hydrogens is 256 g/mol. The molecule has 6 heteroatoms. The lowest BCUT2D eigenvalue weighted by Crippen LogP contribution is -2.30. The van der Waals surface area contributed by atoms with E-state index >= 15 is 0 Å². The van der Waals surface area contributed by atoms with Gasteiger partial charge in [0.05, 0.1) is 24.7 Å². The summed E-state index contributed by atoms with van der Waals surface area (Å²) in [4.78, 5) is 15.7. The van der Waals surface area contributed by atoms with E-state index in [0.717, 1.165) is 24.3 Å². The molecule has 2 aromatic rings. The molecule has 3 rings (SSSR count). The predicted molar refractivity (Wildman–Crippen MR) is 75.4 cm³/mol. The molecule has 0 bridgehead atoms. The summed E-state index contributed by atoms with van der Waals surface area (Å²) in [5.74, 6) is 1.39. The van der Waals surface area contributed by atoms with Crippen LogP contribution in [0.5, 0.6) is 0 Å². The zero-order chi connectivity index (χ0) is 13.8. The van der Waals surface area contributed by atoms with Crippen molar-refractivity contribution in [2.45, 2.75) is 25.4 Å². The molecule has 1 aliphatic rings. The molecule has 104 valence electrons. The van der Waals surface area contributed by atoms with Crippen molar-refractivity contribution in [3.05, 3.63) is 42.5 Å². The first-order valence-corrected chi connectivity index (χ1v) is 6.59. The fourth-order valence-corrected chi connectivity index (χ4v) is 1.74. The Kier molecular flexibility index (Phi) is 3.54. The first-order valence-electron chi connectivity index (χ1n) is 6.59. The van der Waals surface area contributed by atoms with Crippen LogP contribution in [-0.4, -0.2) is 17.1 Å². The smallest absolute Gasteiger partial charge is 0.320 e. The highest BCUT2D eigenvalue weighted by Crippen LogP contribution is 2.18. The molecule has 0 atom stereocenters. The number of carbonyl (C=O) groups excluding carboxylic acids is 1. The summed E-state index contributed by atoms with van der Waals surface area (Å²) in [6, 6.07) is 7.51. The van der Waals surface area contributed by atoms with E-state index in [1.54, 1.807) is 18.5 Å². The molecule has 3 N–H and O–H groups in total. The van der Waals surface area contributed by atoms with Crippen LogP contribution in [0.1, 0.15) is 18.6 Å². The van der Waals surface area contributed by atoms with Crippen LogP contribution < -0.4 is 16.0 Å². The topological polar surface area (TPSA) is 79.2 Å². The minimum Gasteiger partial charge on any atom is -0.467 e. The molecule has 2 aromatic heterocycles. The van der Waals surface area contributed by atoms with Crippen LogP contribution in [-0.2, 0) is 6.54 Å². The SMILES string of the molecule is O=C(Nc1ccc(NCc2ccco2)cn1)NC1CC1. The summed E-state index contributed by atoms with van der Waals surface area (Å²) in [5, 5.41) is 8.73. The van der Waals surface area contributed by atoms with Crippen LogP contribution in [0.15, 0.2) is 41.1 Å². The molecule has 0 unspecified atom stereocenters. The van der Waals surface area contributed by atoms with Gasteiger partial charge in [0.2, 0.25) is 0 Å². The molecule has 6 nitrogen and oxygen atoms in total. The van der Waals surface area contributed by atoms with Gasteiger partial charge in [-0.25, -0.2) is 9.78 Å². The largest absolute Gasteiger partial charge is 0.467 e. The van der Waals surface area contributed by atoms with Crippen molar-refractivity contribution in [2.24, 2.45) is 0 Å². The van der Waals surface area contributed by atoms with Crippen LogP contribution in [0, 0.1) is 0 Å². The maximum atomic E-state index is 11.5. The Balaban J connectivity index is 1.49. The van der Waals surface area contributed by atoms with Crippen molar-refractivity contribution in [2.75, 3.05) is 10.6 Å². The molecule has 0 aliphatic heterocycles. The lowest BCUT2D eigenvalue weighted by molar-refractivity contribution is 0.251. The average Bonchev–Trinajstić information content (AvgIpc) is 3.10. The van der Waals surface area contributed by atoms with E-state index < -0.39 is 0 Å². The monoisotopic (exact) mass is 272 g/mol. The first-order chi connectivity index (χ1) is 9.79. The summed E-state index contributed by atoms with van der Waals surface area (Å²) in [6.45, 7) is 0.601. The number of aromatic nitrogens is 1. The van der Waals surface area contributed by atoms with Crippen molar-refractivity contribution in [1.82, 2.24) is 10.3 Å². The number of anilines is 2. The first kappa shape index (κ1) is 12.5. The Hall–Kier alpha value is -2.50. The van der Waals surface area contributed by atoms with Crippen molar-refractivity contribution in [1.29, 1.82) is 0 Å². The summed E-state index contributed by atoms with van der Waals surface area (Å²) in [7, 11) is 0. The van der Waals surface area contributed by atoms with Gasteiger partial charge in [-0.05, 0) is 37.1 Å². The lowest BCUT2D eigenvalue weighted by atomic mass is 10.3. The van der Waals surface area contributed by atoms with Crippen LogP contribution >= 0.6 is 0 Å². The summed E-state index contributed by atoms with van der Waals surface area (Å²) >= 11 is 0. The maximum absolute atomic E-state index is 11.5. The second-order valence-electron chi connectivity index (χ2n) is 4.74. The van der Waals surface area contributed by atoms with Crippen molar-refractivity contribution in [3.63, 3.8) is 0 Å². The van der Waals surface area contributed by atoms with Gasteiger partial charge in [-0.3, -0.25) is 5.32 Å². The molecule has 0 spiro atoms. The van der Waals surface area contributed by atoms with E-state index in [1.165, 1.54) is 0 Å². The fourth-order valence-electron chi connectivity index (χ4n) is 1.74. The summed E-state index contributed by atoms with van der Waals surface area (Å²) < 4.78 is 5.23. The zero-order valence-electron chi connectivity index (χ0n) is 10.9. The van der Waals surface area contributed by atoms with Gasteiger partial charge in [0, 0.05) is 6.04 Å². The number of nitrogens with zero attached hydrogens (tertiary/aromatic N) is 1. The highest BCUT2D eigenvalue weighted by atomic mass is 16.3. The number of hydrogen-bond donors (Lipinski definition) is 3. The van der Waals surface area contributed by atoms with Crippen LogP contribution in [0.4, 0.5) is 16.3 Å². The van der Waals surface area contributed by atoms with E-state index in [1.807, 2.05) is 18.2 Å². The van der Waals surface area contributed by atoms with Crippen molar-refractivity contribution in [3.8, 4) is 0 Å². The molecule has 2 amide bonds. The number of rotatable bonds is 5. The number of nitrogens with one attached hydrogen (secondary N) is 3. The second-order valence-corrected chi connectivity index (χ2v) is 4.74. The quantitative estimate of drug-likeness (QED) is 0.781. The highest BCUT2D eigenvalue weighted by Gasteiger charge is 2.23. The molecule has 1 saturated carbocycles. The Morgan fingerprint density at radius 3 is 2.90 bits per heavy atom. The molecule has 2 heterocycles. The zero-order valence-corrected chi connectivity index (χ0v) is 10.9. The van der Waals surface area contributed by atoms with Gasteiger partial charge < -0.3 is 15.1 Å². The van der Waals surface area contributed by atoms with Crippen molar-refractivity contribution >= 4 is 17.5 Å². The van der Waals surface area contributed by atoms with E-state index in [9.17, 15) is 4.79 Å². The van der Waals surface area contributed by atoms with Gasteiger partial charge in [0.1, 0.15) is 11.6 Å². The molecule has 1 aliphatic carbocycles. The normalized spacial score (nSPS) is 13.8. The minimum absolute atomic E-state index is 0.198. The van der Waals surface area contributed by atoms with Gasteiger partial charge in [-0.2, -0.15) is 0 Å². The van der Waals surface area contributed by atoms with E-state index in [2.05, 4.69) is 20.9 Å². The number of urea groups is 1. The molecule has 1 fully saturated rings. The van der Waals surface area contributed by atoms with Gasteiger partial charge in [0.25, 0.3) is 0 Å². The third kappa shape index (κ3) is 3.50. The van der Waals surface area contributed by atoms with Crippen LogP contribution in [0.25, 0.3) is 0 Å². The van der Waals surface area contributed by atoms with Crippen LogP contribution in [0.3, 0.4) is 0 Å².